The van der Waals surface area contributed by atoms with Crippen LogP contribution in [0.25, 0.3) is 0 Å². The van der Waals surface area contributed by atoms with E-state index < -0.39 is 6.09 Å². The molecule has 0 aliphatic carbocycles. The van der Waals surface area contributed by atoms with Crippen LogP contribution in [0.3, 0.4) is 0 Å². The number of nitrogens with one attached hydrogen (secondary N) is 1. The van der Waals surface area contributed by atoms with E-state index >= 15 is 0 Å². The molecule has 0 saturated carbocycles. The smallest absolute Gasteiger partial charge is 0.410 e. The number of hydrogen-bond donors (Lipinski definition) is 1. The van der Waals surface area contributed by atoms with Crippen molar-refractivity contribution in [3.05, 3.63) is 11.6 Å². The lowest BCUT2D eigenvalue weighted by molar-refractivity contribution is -0.132. The van der Waals surface area contributed by atoms with Gasteiger partial charge in [0.15, 0.2) is 5.82 Å². The van der Waals surface area contributed by atoms with Crippen molar-refractivity contribution < 1.29 is 14.3 Å². The quantitative estimate of drug-likeness (QED) is 0.855. The molecule has 8 heteroatoms. The van der Waals surface area contributed by atoms with Crippen molar-refractivity contribution in [2.45, 2.75) is 25.8 Å². The van der Waals surface area contributed by atoms with Crippen LogP contribution >= 0.6 is 0 Å². The van der Waals surface area contributed by atoms with E-state index in [9.17, 15) is 9.59 Å². The van der Waals surface area contributed by atoms with Crippen molar-refractivity contribution in [1.82, 2.24) is 25.0 Å². The van der Waals surface area contributed by atoms with Crippen LogP contribution in [0.2, 0.25) is 0 Å². The van der Waals surface area contributed by atoms with Gasteiger partial charge in [0, 0.05) is 6.54 Å². The number of aromatic nitrogens is 3. The summed E-state index contributed by atoms with van der Waals surface area (Å²) in [6.07, 6.45) is 1.37. The molecule has 3 rings (SSSR count). The molecule has 2 fully saturated rings. The van der Waals surface area contributed by atoms with Crippen LogP contribution in [0.5, 0.6) is 0 Å². The van der Waals surface area contributed by atoms with Crippen molar-refractivity contribution in [1.29, 1.82) is 0 Å². The van der Waals surface area contributed by atoms with Crippen molar-refractivity contribution in [3.8, 4) is 0 Å². The molecule has 2 aliphatic heterocycles. The Kier molecular flexibility index (Phi) is 3.29. The highest BCUT2D eigenvalue weighted by Gasteiger charge is 2.34. The number of ether oxygens (including phenoxy) is 1. The number of hydrogen-bond acceptors (Lipinski definition) is 5. The molecule has 3 heterocycles. The summed E-state index contributed by atoms with van der Waals surface area (Å²) in [6, 6.07) is -0.0916. The molecule has 0 aromatic carbocycles. The maximum Gasteiger partial charge on any atom is 0.410 e. The lowest BCUT2D eigenvalue weighted by Crippen LogP contribution is -2.40. The molecule has 0 spiro atoms. The van der Waals surface area contributed by atoms with Gasteiger partial charge in [-0.1, -0.05) is 0 Å². The number of nitrogens with zero attached hydrogens (tertiary/aromatic N) is 4. The maximum atomic E-state index is 12.3. The SMILES string of the molecule is Cc1nc(C2CCCN2C(=O)CN2CCOC2=O)n[nH]1. The largest absolute Gasteiger partial charge is 0.448 e. The number of H-pyrrole nitrogens is 1. The van der Waals surface area contributed by atoms with E-state index in [1.807, 2.05) is 6.92 Å². The van der Waals surface area contributed by atoms with Crippen molar-refractivity contribution in [2.75, 3.05) is 26.2 Å². The topological polar surface area (TPSA) is 91.4 Å². The predicted molar refractivity (Wildman–Crippen MR) is 67.7 cm³/mol. The summed E-state index contributed by atoms with van der Waals surface area (Å²) < 4.78 is 4.83. The van der Waals surface area contributed by atoms with Crippen molar-refractivity contribution in [3.63, 3.8) is 0 Å². The lowest BCUT2D eigenvalue weighted by atomic mass is 10.2. The normalized spacial score (nSPS) is 22.4. The van der Waals surface area contributed by atoms with Gasteiger partial charge < -0.3 is 9.64 Å². The maximum absolute atomic E-state index is 12.3. The monoisotopic (exact) mass is 279 g/mol. The van der Waals surface area contributed by atoms with E-state index in [2.05, 4.69) is 15.2 Å². The first-order valence-electron chi connectivity index (χ1n) is 6.75. The zero-order chi connectivity index (χ0) is 14.1. The Morgan fingerprint density at radius 1 is 1.50 bits per heavy atom. The second-order valence-electron chi connectivity index (χ2n) is 5.06. The molecule has 0 radical (unpaired) electrons. The Balaban J connectivity index is 1.68. The van der Waals surface area contributed by atoms with Gasteiger partial charge in [-0.25, -0.2) is 9.78 Å². The number of rotatable bonds is 3. The number of aryl methyl sites for hydroxylation is 1. The molecular weight excluding hydrogens is 262 g/mol. The molecule has 0 bridgehead atoms. The summed E-state index contributed by atoms with van der Waals surface area (Å²) in [5.74, 6) is 1.31. The average Bonchev–Trinajstić information content (AvgIpc) is 3.11. The van der Waals surface area contributed by atoms with E-state index in [-0.39, 0.29) is 18.5 Å². The van der Waals surface area contributed by atoms with E-state index in [1.165, 1.54) is 4.90 Å². The van der Waals surface area contributed by atoms with Crippen molar-refractivity contribution >= 4 is 12.0 Å². The van der Waals surface area contributed by atoms with Gasteiger partial charge >= 0.3 is 6.09 Å². The summed E-state index contributed by atoms with van der Waals surface area (Å²) >= 11 is 0. The number of cyclic esters (lactones) is 1. The van der Waals surface area contributed by atoms with E-state index in [0.717, 1.165) is 18.7 Å². The highest BCUT2D eigenvalue weighted by Crippen LogP contribution is 2.29. The highest BCUT2D eigenvalue weighted by atomic mass is 16.6. The lowest BCUT2D eigenvalue weighted by Gasteiger charge is -2.24. The summed E-state index contributed by atoms with van der Waals surface area (Å²) in [4.78, 5) is 31.2. The Hall–Kier alpha value is -2.12. The summed E-state index contributed by atoms with van der Waals surface area (Å²) in [7, 11) is 0. The third-order valence-corrected chi connectivity index (χ3v) is 3.66. The number of aromatic amines is 1. The zero-order valence-corrected chi connectivity index (χ0v) is 11.3. The molecule has 1 aromatic heterocycles. The Bertz CT molecular complexity index is 529. The number of carbonyl (C=O) groups excluding carboxylic acids is 2. The molecule has 20 heavy (non-hydrogen) atoms. The van der Waals surface area contributed by atoms with Crippen LogP contribution in [0.1, 0.15) is 30.5 Å². The van der Waals surface area contributed by atoms with Gasteiger partial charge in [-0.2, -0.15) is 5.10 Å². The van der Waals surface area contributed by atoms with E-state index in [4.69, 9.17) is 4.74 Å². The second-order valence-corrected chi connectivity index (χ2v) is 5.06. The zero-order valence-electron chi connectivity index (χ0n) is 11.3. The molecule has 2 aliphatic rings. The fraction of sp³-hybridized carbons (Fsp3) is 0.667. The van der Waals surface area contributed by atoms with E-state index in [0.29, 0.717) is 25.5 Å². The third kappa shape index (κ3) is 2.33. The minimum atomic E-state index is -0.414. The standard InChI is InChI=1S/C12H17N5O3/c1-8-13-11(15-14-8)9-3-2-4-17(9)10(18)7-16-5-6-20-12(16)19/h9H,2-7H2,1H3,(H,13,14,15). The van der Waals surface area contributed by atoms with Gasteiger partial charge in [-0.15, -0.1) is 0 Å². The summed E-state index contributed by atoms with van der Waals surface area (Å²) in [5.41, 5.74) is 0. The van der Waals surface area contributed by atoms with Gasteiger partial charge in [0.05, 0.1) is 12.6 Å². The molecule has 1 aromatic rings. The van der Waals surface area contributed by atoms with E-state index in [1.54, 1.807) is 4.90 Å². The number of carbonyl (C=O) groups is 2. The summed E-state index contributed by atoms with van der Waals surface area (Å²) in [6.45, 7) is 3.41. The van der Waals surface area contributed by atoms with Gasteiger partial charge in [-0.05, 0) is 19.8 Å². The fourth-order valence-electron chi connectivity index (χ4n) is 2.67. The molecule has 1 N–H and O–H groups in total. The van der Waals surface area contributed by atoms with Gasteiger partial charge in [0.25, 0.3) is 0 Å². The van der Waals surface area contributed by atoms with Gasteiger partial charge in [-0.3, -0.25) is 14.8 Å². The van der Waals surface area contributed by atoms with Crippen LogP contribution in [-0.2, 0) is 9.53 Å². The number of likely N-dealkylation sites (tertiary alicyclic amines) is 1. The first-order chi connectivity index (χ1) is 9.65. The summed E-state index contributed by atoms with van der Waals surface area (Å²) in [5, 5.41) is 6.94. The van der Waals surface area contributed by atoms with Gasteiger partial charge in [0.1, 0.15) is 19.0 Å². The average molecular weight is 279 g/mol. The molecule has 8 nitrogen and oxygen atoms in total. The van der Waals surface area contributed by atoms with Crippen LogP contribution in [0.15, 0.2) is 0 Å². The van der Waals surface area contributed by atoms with Crippen LogP contribution < -0.4 is 0 Å². The first kappa shape index (κ1) is 12.9. The molecule has 2 saturated heterocycles. The molecule has 108 valence electrons. The predicted octanol–water partition coefficient (Wildman–Crippen LogP) is 0.229. The minimum Gasteiger partial charge on any atom is -0.448 e. The molecule has 1 atom stereocenters. The fourth-order valence-corrected chi connectivity index (χ4v) is 2.67. The Morgan fingerprint density at radius 2 is 2.35 bits per heavy atom. The second kappa shape index (κ2) is 5.10. The van der Waals surface area contributed by atoms with Gasteiger partial charge in [0.2, 0.25) is 5.91 Å². The van der Waals surface area contributed by atoms with Crippen LogP contribution in [0, 0.1) is 6.92 Å². The first-order valence-corrected chi connectivity index (χ1v) is 6.75. The molecule has 2 amide bonds. The highest BCUT2D eigenvalue weighted by molar-refractivity contribution is 5.83. The third-order valence-electron chi connectivity index (χ3n) is 3.66. The van der Waals surface area contributed by atoms with Crippen LogP contribution in [0.4, 0.5) is 4.79 Å². The van der Waals surface area contributed by atoms with Crippen LogP contribution in [-0.4, -0.2) is 63.2 Å². The number of amides is 2. The molecular formula is C12H17N5O3. The minimum absolute atomic E-state index is 0.0682. The Labute approximate surface area is 116 Å². The molecule has 1 unspecified atom stereocenters. The van der Waals surface area contributed by atoms with Crippen molar-refractivity contribution in [2.24, 2.45) is 0 Å². The Morgan fingerprint density at radius 3 is 3.00 bits per heavy atom.